The van der Waals surface area contributed by atoms with E-state index in [4.69, 9.17) is 6.42 Å². The molecule has 0 saturated carbocycles. The van der Waals surface area contributed by atoms with Gasteiger partial charge in [0.1, 0.15) is 15.3 Å². The highest BCUT2D eigenvalue weighted by molar-refractivity contribution is 7.07. The zero-order chi connectivity index (χ0) is 25.4. The van der Waals surface area contributed by atoms with Crippen molar-refractivity contribution in [2.75, 3.05) is 31.5 Å². The summed E-state index contributed by atoms with van der Waals surface area (Å²) in [5.74, 6) is -0.897. The van der Waals surface area contributed by atoms with Crippen LogP contribution in [0.3, 0.4) is 0 Å². The Hall–Kier alpha value is -3.47. The van der Waals surface area contributed by atoms with E-state index in [0.717, 1.165) is 29.0 Å². The van der Waals surface area contributed by atoms with Crippen LogP contribution in [0.25, 0.3) is 11.8 Å². The Bertz CT molecular complexity index is 1320. The number of alkyl halides is 2. The summed E-state index contributed by atoms with van der Waals surface area (Å²) >= 11 is 1.05. The first-order chi connectivity index (χ1) is 16.8. The summed E-state index contributed by atoms with van der Waals surface area (Å²) in [5, 5.41) is 15.1. The van der Waals surface area contributed by atoms with E-state index < -0.39 is 11.8 Å². The number of rotatable bonds is 8. The third-order valence-corrected chi connectivity index (χ3v) is 6.86. The number of amides is 1. The van der Waals surface area contributed by atoms with Gasteiger partial charge in [0.25, 0.3) is 17.4 Å². The van der Waals surface area contributed by atoms with Crippen LogP contribution >= 0.6 is 11.3 Å². The number of nitrogens with zero attached hydrogens (tertiary/aromatic N) is 3. The Kier molecular flexibility index (Phi) is 8.80. The summed E-state index contributed by atoms with van der Waals surface area (Å²) in [5.41, 5.74) is 1.34. The molecular weight excluding hydrogens is 472 g/mol. The number of thiazole rings is 1. The monoisotopic (exact) mass is 499 g/mol. The highest BCUT2D eigenvalue weighted by Crippen LogP contribution is 2.27. The Labute approximate surface area is 206 Å². The van der Waals surface area contributed by atoms with Crippen molar-refractivity contribution in [3.63, 3.8) is 0 Å². The van der Waals surface area contributed by atoms with Crippen LogP contribution in [0.1, 0.15) is 25.3 Å². The smallest absolute Gasteiger partial charge is 0.270 e. The second-order valence-electron chi connectivity index (χ2n) is 8.13. The van der Waals surface area contributed by atoms with Crippen molar-refractivity contribution in [2.24, 2.45) is 0 Å². The second kappa shape index (κ2) is 11.8. The molecule has 0 spiro atoms. The fraction of sp³-hybridized carbons (Fsp3) is 0.400. The van der Waals surface area contributed by atoms with E-state index in [1.807, 2.05) is 35.2 Å². The Balaban J connectivity index is 1.77. The molecule has 1 amide bonds. The van der Waals surface area contributed by atoms with E-state index in [1.54, 1.807) is 13.1 Å². The fourth-order valence-electron chi connectivity index (χ4n) is 3.76. The number of carbonyl (C=O) groups is 1. The van der Waals surface area contributed by atoms with E-state index in [-0.39, 0.29) is 35.2 Å². The molecule has 184 valence electrons. The van der Waals surface area contributed by atoms with Gasteiger partial charge in [0, 0.05) is 50.9 Å². The summed E-state index contributed by atoms with van der Waals surface area (Å²) in [6.45, 7) is 3.53. The van der Waals surface area contributed by atoms with Crippen molar-refractivity contribution in [2.45, 2.75) is 38.7 Å². The number of nitriles is 1. The molecule has 1 aromatic heterocycles. The molecule has 1 saturated heterocycles. The summed E-state index contributed by atoms with van der Waals surface area (Å²) < 4.78 is 28.7. The van der Waals surface area contributed by atoms with E-state index in [2.05, 4.69) is 16.6 Å². The molecule has 2 heterocycles. The summed E-state index contributed by atoms with van der Waals surface area (Å²) in [4.78, 5) is 27.2. The minimum Gasteiger partial charge on any atom is -0.360 e. The van der Waals surface area contributed by atoms with Gasteiger partial charge >= 0.3 is 0 Å². The molecule has 35 heavy (non-hydrogen) atoms. The fourth-order valence-corrected chi connectivity index (χ4v) is 4.85. The molecule has 3 rings (SSSR count). The lowest BCUT2D eigenvalue weighted by Crippen LogP contribution is -2.40. The van der Waals surface area contributed by atoms with Crippen LogP contribution in [0, 0.1) is 23.7 Å². The average Bonchev–Trinajstić information content (AvgIpc) is 3.16. The van der Waals surface area contributed by atoms with Gasteiger partial charge in [-0.05, 0) is 31.0 Å². The van der Waals surface area contributed by atoms with Crippen molar-refractivity contribution in [3.8, 4) is 18.4 Å². The number of carbonyl (C=O) groups excluding carboxylic acids is 1. The predicted octanol–water partition coefficient (Wildman–Crippen LogP) is 1.48. The minimum atomic E-state index is -2.55. The number of piperidine rings is 1. The number of aromatic nitrogens is 1. The summed E-state index contributed by atoms with van der Waals surface area (Å²) in [6.07, 6.45) is 7.24. The van der Waals surface area contributed by atoms with Crippen LogP contribution in [-0.4, -0.2) is 47.5 Å². The molecule has 0 bridgehead atoms. The van der Waals surface area contributed by atoms with Gasteiger partial charge in [0.05, 0.1) is 6.54 Å². The number of hydrogen-bond acceptors (Lipinski definition) is 6. The maximum atomic E-state index is 13.3. The van der Waals surface area contributed by atoms with Crippen LogP contribution in [0.2, 0.25) is 0 Å². The number of nitrogens with one attached hydrogen (secondary N) is 2. The maximum Gasteiger partial charge on any atom is 0.270 e. The van der Waals surface area contributed by atoms with Gasteiger partial charge in [-0.2, -0.15) is 5.26 Å². The number of halogens is 2. The third kappa shape index (κ3) is 6.78. The molecule has 1 fully saturated rings. The molecule has 1 aliphatic heterocycles. The van der Waals surface area contributed by atoms with Crippen LogP contribution < -0.4 is 25.4 Å². The molecule has 1 aliphatic rings. The van der Waals surface area contributed by atoms with Gasteiger partial charge in [0.15, 0.2) is 5.57 Å². The topological polar surface area (TPSA) is 90.2 Å². The molecule has 2 aromatic rings. The lowest BCUT2D eigenvalue weighted by Gasteiger charge is -2.31. The lowest BCUT2D eigenvalue weighted by molar-refractivity contribution is -0.115. The van der Waals surface area contributed by atoms with Gasteiger partial charge in [0.2, 0.25) is 0 Å². The SMILES string of the molecule is C#CCNC(=O)/C(C#N)=c1\s/c(=C/Nc2cccc(CCN3CCC(F)(F)CC3)c2)c(=O)n1CC. The molecule has 1 aromatic carbocycles. The largest absolute Gasteiger partial charge is 0.360 e. The van der Waals surface area contributed by atoms with E-state index in [1.165, 1.54) is 4.57 Å². The maximum absolute atomic E-state index is 13.3. The Morgan fingerprint density at radius 1 is 1.34 bits per heavy atom. The first kappa shape index (κ1) is 26.1. The van der Waals surface area contributed by atoms with E-state index in [0.29, 0.717) is 30.7 Å². The molecular formula is C25H27F2N5O2S. The highest BCUT2D eigenvalue weighted by Gasteiger charge is 2.33. The number of anilines is 1. The first-order valence-corrected chi connectivity index (χ1v) is 12.1. The van der Waals surface area contributed by atoms with Crippen LogP contribution in [-0.2, 0) is 17.8 Å². The quantitative estimate of drug-likeness (QED) is 0.537. The van der Waals surface area contributed by atoms with E-state index in [9.17, 15) is 23.6 Å². The Morgan fingerprint density at radius 2 is 2.09 bits per heavy atom. The number of terminal acetylenes is 1. The van der Waals surface area contributed by atoms with Gasteiger partial charge < -0.3 is 15.5 Å². The molecule has 0 aliphatic carbocycles. The molecule has 0 unspecified atom stereocenters. The molecule has 10 heteroatoms. The van der Waals surface area contributed by atoms with Crippen molar-refractivity contribution in [1.82, 2.24) is 14.8 Å². The highest BCUT2D eigenvalue weighted by atomic mass is 32.1. The molecule has 0 atom stereocenters. The first-order valence-electron chi connectivity index (χ1n) is 11.3. The molecule has 7 nitrogen and oxygen atoms in total. The minimum absolute atomic E-state index is 0.0210. The molecule has 2 N–H and O–H groups in total. The van der Waals surface area contributed by atoms with Gasteiger partial charge in [-0.3, -0.25) is 14.2 Å². The Morgan fingerprint density at radius 3 is 2.74 bits per heavy atom. The molecule has 0 radical (unpaired) electrons. The summed E-state index contributed by atoms with van der Waals surface area (Å²) in [7, 11) is 0. The van der Waals surface area contributed by atoms with Crippen molar-refractivity contribution >= 4 is 34.7 Å². The number of hydrogen-bond donors (Lipinski definition) is 2. The zero-order valence-electron chi connectivity index (χ0n) is 19.4. The van der Waals surface area contributed by atoms with Gasteiger partial charge in [-0.1, -0.05) is 18.1 Å². The van der Waals surface area contributed by atoms with Crippen molar-refractivity contribution in [1.29, 1.82) is 5.26 Å². The average molecular weight is 500 g/mol. The lowest BCUT2D eigenvalue weighted by atomic mass is 10.1. The van der Waals surface area contributed by atoms with Crippen LogP contribution in [0.5, 0.6) is 0 Å². The van der Waals surface area contributed by atoms with Crippen LogP contribution in [0.15, 0.2) is 29.1 Å². The predicted molar refractivity (Wildman–Crippen MR) is 133 cm³/mol. The number of benzene rings is 1. The van der Waals surface area contributed by atoms with E-state index >= 15 is 0 Å². The van der Waals surface area contributed by atoms with Gasteiger partial charge in [-0.15, -0.1) is 17.8 Å². The van der Waals surface area contributed by atoms with Gasteiger partial charge in [-0.25, -0.2) is 8.78 Å². The normalized spacial score (nSPS) is 16.8. The van der Waals surface area contributed by atoms with Crippen LogP contribution in [0.4, 0.5) is 14.5 Å². The second-order valence-corrected chi connectivity index (χ2v) is 9.16. The van der Waals surface area contributed by atoms with Crippen molar-refractivity contribution in [3.05, 3.63) is 49.4 Å². The standard InChI is InChI=1S/C25H27F2N5O2S/c1-3-11-29-22(33)20(16-28)24-32(4-2)23(34)21(35-24)17-30-19-7-5-6-18(15-19)8-12-31-13-9-25(26,27)10-14-31/h1,5-7,15,17,30H,4,8-14H2,2H3,(H,29,33)/b21-17+,24-20-. The summed E-state index contributed by atoms with van der Waals surface area (Å²) in [6, 6.07) is 9.54. The van der Waals surface area contributed by atoms with Crippen molar-refractivity contribution < 1.29 is 13.6 Å². The third-order valence-electron chi connectivity index (χ3n) is 5.73. The number of likely N-dealkylation sites (tertiary alicyclic amines) is 1. The zero-order valence-corrected chi connectivity index (χ0v) is 20.3.